The molecule has 0 unspecified atom stereocenters. The molecule has 0 aromatic rings. The smallest absolute Gasteiger partial charge is 0.244 e. The van der Waals surface area contributed by atoms with Gasteiger partial charge in [-0.05, 0) is 6.32 Å². The van der Waals surface area contributed by atoms with E-state index in [2.05, 4.69) is 25.7 Å². The minimum absolute atomic E-state index is 0.833. The van der Waals surface area contributed by atoms with Crippen molar-refractivity contribution in [3.05, 3.63) is 0 Å². The molecule has 1 N–H and O–H groups in total. The van der Waals surface area contributed by atoms with Gasteiger partial charge in [-0.1, -0.05) is 0 Å². The Morgan fingerprint density at radius 2 is 2.29 bits per heavy atom. The van der Waals surface area contributed by atoms with Crippen LogP contribution in [0.5, 0.6) is 0 Å². The Hall–Kier alpha value is 0.115. The molecule has 5 heteroatoms. The van der Waals surface area contributed by atoms with Gasteiger partial charge in [0, 0.05) is 15.5 Å². The van der Waals surface area contributed by atoms with E-state index in [0.29, 0.717) is 0 Å². The lowest BCUT2D eigenvalue weighted by atomic mass is 9.81. The van der Waals surface area contributed by atoms with Gasteiger partial charge < -0.3 is 4.84 Å². The second-order valence-electron chi connectivity index (χ2n) is 0.959. The zero-order chi connectivity index (χ0) is 5.54. The maximum atomic E-state index is 4.64. The van der Waals surface area contributed by atoms with Crippen LogP contribution in [0.1, 0.15) is 0 Å². The molecule has 1 aliphatic rings. The lowest BCUT2D eigenvalue weighted by Crippen LogP contribution is -2.05. The SMILES string of the molecule is [B]1CCON1.[B][B]. The Bertz CT molecular complexity index is 24.5. The van der Waals surface area contributed by atoms with Gasteiger partial charge in [-0.15, -0.1) is 0 Å². The molecular formula is C2H5B3NO. The average molecular weight is 91.5 g/mol. The third kappa shape index (κ3) is 3.96. The van der Waals surface area contributed by atoms with Crippen LogP contribution in [0.25, 0.3) is 0 Å². The first-order valence-corrected chi connectivity index (χ1v) is 2.02. The van der Waals surface area contributed by atoms with Gasteiger partial charge in [-0.2, -0.15) is 0 Å². The molecule has 7 heavy (non-hydrogen) atoms. The minimum atomic E-state index is 0.833. The van der Waals surface area contributed by atoms with E-state index in [9.17, 15) is 0 Å². The molecule has 2 nitrogen and oxygen atoms in total. The van der Waals surface area contributed by atoms with Gasteiger partial charge in [0.2, 0.25) is 7.41 Å². The molecule has 1 heterocycles. The molecule has 0 aliphatic carbocycles. The highest BCUT2D eigenvalue weighted by atomic mass is 16.6. The zero-order valence-corrected chi connectivity index (χ0v) is 4.05. The van der Waals surface area contributed by atoms with Crippen molar-refractivity contribution in [2.24, 2.45) is 0 Å². The third-order valence-corrected chi connectivity index (χ3v) is 0.531. The van der Waals surface area contributed by atoms with Crippen molar-refractivity contribution in [1.82, 2.24) is 5.39 Å². The highest BCUT2D eigenvalue weighted by molar-refractivity contribution is 6.75. The van der Waals surface area contributed by atoms with E-state index in [0.717, 1.165) is 12.9 Å². The average Bonchev–Trinajstić information content (AvgIpc) is 2.23. The summed E-state index contributed by atoms with van der Waals surface area (Å²) in [7, 11) is 9.89. The predicted molar refractivity (Wildman–Crippen MR) is 31.2 cm³/mol. The minimum Gasteiger partial charge on any atom is -0.315 e. The number of rotatable bonds is 0. The van der Waals surface area contributed by atoms with E-state index in [1.54, 1.807) is 0 Å². The van der Waals surface area contributed by atoms with Gasteiger partial charge in [-0.3, -0.25) is 5.39 Å². The van der Waals surface area contributed by atoms with Gasteiger partial charge >= 0.3 is 0 Å². The number of hydrogen-bond donors (Lipinski definition) is 1. The first-order chi connectivity index (χ1) is 3.50. The van der Waals surface area contributed by atoms with Crippen LogP contribution in [0.2, 0.25) is 6.32 Å². The Morgan fingerprint density at radius 1 is 1.57 bits per heavy atom. The second kappa shape index (κ2) is 6.11. The van der Waals surface area contributed by atoms with E-state index in [1.165, 1.54) is 0 Å². The van der Waals surface area contributed by atoms with Crippen molar-refractivity contribution in [3.63, 3.8) is 0 Å². The molecule has 5 radical (unpaired) electrons. The topological polar surface area (TPSA) is 21.3 Å². The summed E-state index contributed by atoms with van der Waals surface area (Å²) in [5, 5.41) is 2.60. The molecule has 0 spiro atoms. The van der Waals surface area contributed by atoms with Crippen LogP contribution in [0.15, 0.2) is 0 Å². The summed E-state index contributed by atoms with van der Waals surface area (Å²) in [6, 6.07) is 0. The summed E-state index contributed by atoms with van der Waals surface area (Å²) in [5.41, 5.74) is 0. The summed E-state index contributed by atoms with van der Waals surface area (Å²) in [6.45, 7) is 0.833. The van der Waals surface area contributed by atoms with E-state index in [4.69, 9.17) is 0 Å². The fourth-order valence-electron chi connectivity index (χ4n) is 0.295. The van der Waals surface area contributed by atoms with Crippen molar-refractivity contribution >= 4 is 22.9 Å². The maximum Gasteiger partial charge on any atom is 0.244 e. The summed E-state index contributed by atoms with van der Waals surface area (Å²) in [5.74, 6) is 0. The Morgan fingerprint density at radius 3 is 2.43 bits per heavy atom. The van der Waals surface area contributed by atoms with Crippen LogP contribution in [0.3, 0.4) is 0 Å². The van der Waals surface area contributed by atoms with Gasteiger partial charge in [-0.25, -0.2) is 0 Å². The molecule has 33 valence electrons. The first kappa shape index (κ1) is 7.11. The molecule has 1 rings (SSSR count). The van der Waals surface area contributed by atoms with Crippen LogP contribution in [-0.4, -0.2) is 29.5 Å². The molecule has 0 bridgehead atoms. The van der Waals surface area contributed by atoms with E-state index >= 15 is 0 Å². The van der Waals surface area contributed by atoms with Gasteiger partial charge in [0.25, 0.3) is 0 Å². The largest absolute Gasteiger partial charge is 0.315 e. The fourth-order valence-corrected chi connectivity index (χ4v) is 0.295. The fraction of sp³-hybridized carbons (Fsp3) is 1.00. The first-order valence-electron chi connectivity index (χ1n) is 2.02. The quantitative estimate of drug-likeness (QED) is 0.378. The standard InChI is InChI=1S/C2H5BNO.B2/c1-2-5-4-3-1;1-2/h4H,1-2H2;. The number of nitrogens with one attached hydrogen (secondary N) is 1. The molecule has 1 saturated heterocycles. The third-order valence-electron chi connectivity index (χ3n) is 0.531. The van der Waals surface area contributed by atoms with Gasteiger partial charge in [0.1, 0.15) is 0 Å². The number of hydrogen-bond acceptors (Lipinski definition) is 2. The van der Waals surface area contributed by atoms with Crippen LogP contribution >= 0.6 is 0 Å². The molecule has 0 aromatic heterocycles. The molecule has 0 atom stereocenters. The molecule has 1 fully saturated rings. The van der Waals surface area contributed by atoms with E-state index in [-0.39, 0.29) is 0 Å². The molecular weight excluding hydrogens is 86.5 g/mol. The molecule has 0 aromatic carbocycles. The van der Waals surface area contributed by atoms with E-state index in [1.807, 2.05) is 7.41 Å². The van der Waals surface area contributed by atoms with Crippen LogP contribution in [0.4, 0.5) is 0 Å². The molecule has 1 aliphatic heterocycles. The van der Waals surface area contributed by atoms with Crippen LogP contribution in [-0.2, 0) is 4.84 Å². The van der Waals surface area contributed by atoms with Crippen molar-refractivity contribution < 1.29 is 4.84 Å². The lowest BCUT2D eigenvalue weighted by molar-refractivity contribution is 0.128. The normalized spacial score (nSPS) is 16.6. The maximum absolute atomic E-state index is 4.64. The van der Waals surface area contributed by atoms with E-state index < -0.39 is 0 Å². The summed E-state index contributed by atoms with van der Waals surface area (Å²) in [4.78, 5) is 4.64. The van der Waals surface area contributed by atoms with Gasteiger partial charge in [0.15, 0.2) is 0 Å². The van der Waals surface area contributed by atoms with Crippen molar-refractivity contribution in [2.45, 2.75) is 6.32 Å². The second-order valence-corrected chi connectivity index (χ2v) is 0.959. The van der Waals surface area contributed by atoms with Crippen LogP contribution in [0, 0.1) is 0 Å². The Kier molecular flexibility index (Phi) is 6.22. The van der Waals surface area contributed by atoms with Crippen molar-refractivity contribution in [1.29, 1.82) is 0 Å². The Balaban J connectivity index is 0.000000162. The summed E-state index contributed by atoms with van der Waals surface area (Å²) < 4.78 is 0. The van der Waals surface area contributed by atoms with Gasteiger partial charge in [0.05, 0.1) is 6.61 Å². The van der Waals surface area contributed by atoms with Crippen molar-refractivity contribution in [3.8, 4) is 0 Å². The van der Waals surface area contributed by atoms with Crippen molar-refractivity contribution in [2.75, 3.05) is 6.61 Å². The predicted octanol–water partition coefficient (Wildman–Crippen LogP) is -1.20. The highest BCUT2D eigenvalue weighted by Gasteiger charge is 1.96. The summed E-state index contributed by atoms with van der Waals surface area (Å²) >= 11 is 0. The lowest BCUT2D eigenvalue weighted by Gasteiger charge is -1.80. The molecule has 0 saturated carbocycles. The summed E-state index contributed by atoms with van der Waals surface area (Å²) in [6.07, 6.45) is 1.04. The monoisotopic (exact) mass is 92.1 g/mol. The Labute approximate surface area is 47.0 Å². The zero-order valence-electron chi connectivity index (χ0n) is 4.05. The van der Waals surface area contributed by atoms with Crippen LogP contribution < -0.4 is 5.39 Å². The highest BCUT2D eigenvalue weighted by Crippen LogP contribution is 1.82. The molecule has 0 amide bonds.